The Morgan fingerprint density at radius 3 is 1.33 bits per heavy atom. The molecule has 0 aromatic rings. The van der Waals surface area contributed by atoms with Crippen molar-refractivity contribution >= 4 is 8.58 Å². The molecule has 0 atom stereocenters. The van der Waals surface area contributed by atoms with Crippen molar-refractivity contribution in [2.45, 2.75) is 103 Å². The van der Waals surface area contributed by atoms with Crippen molar-refractivity contribution in [2.75, 3.05) is 0 Å². The second-order valence-corrected chi connectivity index (χ2v) is 8.44. The maximum atomic E-state index is 2.61. The fourth-order valence-electron chi connectivity index (χ4n) is 3.52. The Balaban J connectivity index is 1.87. The fourth-order valence-corrected chi connectivity index (χ4v) is 5.03. The topological polar surface area (TPSA) is 0 Å². The van der Waals surface area contributed by atoms with Gasteiger partial charge < -0.3 is 0 Å². The molecule has 21 heavy (non-hydrogen) atoms. The summed E-state index contributed by atoms with van der Waals surface area (Å²) in [6, 6.07) is 0. The average Bonchev–Trinajstić information content (AvgIpc) is 2.52. The van der Waals surface area contributed by atoms with Gasteiger partial charge in [0.2, 0.25) is 0 Å². The third-order valence-corrected chi connectivity index (χ3v) is 6.45. The lowest BCUT2D eigenvalue weighted by atomic mass is 10.0. The predicted molar refractivity (Wildman–Crippen MR) is 98.4 cm³/mol. The van der Waals surface area contributed by atoms with Crippen LogP contribution in [0.25, 0.3) is 0 Å². The fraction of sp³-hybridized carbons (Fsp3) is 0.800. The molecule has 2 aliphatic carbocycles. The van der Waals surface area contributed by atoms with Gasteiger partial charge in [-0.05, 0) is 62.0 Å². The Morgan fingerprint density at radius 2 is 0.857 bits per heavy atom. The van der Waals surface area contributed by atoms with E-state index in [2.05, 4.69) is 12.2 Å². The van der Waals surface area contributed by atoms with E-state index < -0.39 is 0 Å². The zero-order chi connectivity index (χ0) is 14.6. The Morgan fingerprint density at radius 1 is 0.476 bits per heavy atom. The third-order valence-electron chi connectivity index (χ3n) is 4.90. The normalized spacial score (nSPS) is 24.4. The van der Waals surface area contributed by atoms with Crippen molar-refractivity contribution in [3.63, 3.8) is 0 Å². The van der Waals surface area contributed by atoms with Crippen LogP contribution in [0.3, 0.4) is 0 Å². The van der Waals surface area contributed by atoms with Gasteiger partial charge in [-0.25, -0.2) is 0 Å². The highest BCUT2D eigenvalue weighted by Crippen LogP contribution is 2.40. The molecule has 0 bridgehead atoms. The van der Waals surface area contributed by atoms with E-state index in [9.17, 15) is 0 Å². The van der Waals surface area contributed by atoms with Gasteiger partial charge in [-0.3, -0.25) is 0 Å². The molecule has 0 N–H and O–H groups in total. The van der Waals surface area contributed by atoms with Crippen molar-refractivity contribution in [2.24, 2.45) is 0 Å². The predicted octanol–water partition coefficient (Wildman–Crippen LogP) is 7.70. The first kappa shape index (κ1) is 17.3. The molecular weight excluding hydrogens is 271 g/mol. The van der Waals surface area contributed by atoms with Gasteiger partial charge in [-0.2, -0.15) is 0 Å². The summed E-state index contributed by atoms with van der Waals surface area (Å²) in [7, 11) is 1.03. The Bertz CT molecular complexity index is 295. The molecular formula is C20H35P. The first-order valence-corrected chi connectivity index (χ1v) is 10.6. The van der Waals surface area contributed by atoms with Crippen LogP contribution in [0.5, 0.6) is 0 Å². The van der Waals surface area contributed by atoms with Crippen molar-refractivity contribution in [1.29, 1.82) is 0 Å². The molecule has 0 amide bonds. The molecule has 0 radical (unpaired) electrons. The van der Waals surface area contributed by atoms with E-state index in [0.717, 1.165) is 8.58 Å². The summed E-state index contributed by atoms with van der Waals surface area (Å²) < 4.78 is 0. The summed E-state index contributed by atoms with van der Waals surface area (Å²) in [6.07, 6.45) is 28.1. The SMILES string of the molecule is C1=C(PC2=CCCCCCCCC2)CCCCCCCC1. The number of rotatable bonds is 2. The molecule has 0 saturated carbocycles. The molecule has 0 aliphatic heterocycles. The molecule has 0 nitrogen and oxygen atoms in total. The van der Waals surface area contributed by atoms with Crippen molar-refractivity contribution in [3.05, 3.63) is 22.8 Å². The first-order valence-electron chi connectivity index (χ1n) is 9.60. The maximum absolute atomic E-state index is 2.61. The van der Waals surface area contributed by atoms with Gasteiger partial charge in [-0.15, -0.1) is 0 Å². The molecule has 120 valence electrons. The van der Waals surface area contributed by atoms with Crippen LogP contribution in [0, 0.1) is 0 Å². The quantitative estimate of drug-likeness (QED) is 0.458. The zero-order valence-electron chi connectivity index (χ0n) is 14.0. The zero-order valence-corrected chi connectivity index (χ0v) is 15.0. The van der Waals surface area contributed by atoms with Gasteiger partial charge in [0.15, 0.2) is 0 Å². The van der Waals surface area contributed by atoms with E-state index in [4.69, 9.17) is 0 Å². The highest BCUT2D eigenvalue weighted by Gasteiger charge is 2.06. The van der Waals surface area contributed by atoms with Crippen LogP contribution in [0.4, 0.5) is 0 Å². The molecule has 2 rings (SSSR count). The van der Waals surface area contributed by atoms with Gasteiger partial charge >= 0.3 is 0 Å². The van der Waals surface area contributed by atoms with E-state index in [0.29, 0.717) is 0 Å². The van der Waals surface area contributed by atoms with E-state index in [-0.39, 0.29) is 0 Å². The summed E-state index contributed by atoms with van der Waals surface area (Å²) >= 11 is 0. The van der Waals surface area contributed by atoms with Crippen molar-refractivity contribution < 1.29 is 0 Å². The molecule has 1 heteroatoms. The van der Waals surface area contributed by atoms with Crippen LogP contribution in [0.1, 0.15) is 103 Å². The van der Waals surface area contributed by atoms with Crippen LogP contribution in [0.15, 0.2) is 22.8 Å². The number of hydrogen-bond acceptors (Lipinski definition) is 0. The van der Waals surface area contributed by atoms with Gasteiger partial charge in [0.1, 0.15) is 0 Å². The molecule has 0 aromatic carbocycles. The van der Waals surface area contributed by atoms with Gasteiger partial charge in [0, 0.05) is 0 Å². The van der Waals surface area contributed by atoms with E-state index in [1.54, 1.807) is 10.6 Å². The minimum atomic E-state index is 1.03. The molecule has 0 aromatic heterocycles. The summed E-state index contributed by atoms with van der Waals surface area (Å²) in [5.41, 5.74) is 0. The summed E-state index contributed by atoms with van der Waals surface area (Å²) in [5.74, 6) is 0. The van der Waals surface area contributed by atoms with E-state index >= 15 is 0 Å². The Kier molecular flexibility index (Phi) is 9.43. The molecule has 0 heterocycles. The monoisotopic (exact) mass is 306 g/mol. The van der Waals surface area contributed by atoms with E-state index in [1.807, 2.05) is 0 Å². The van der Waals surface area contributed by atoms with Crippen LogP contribution in [-0.2, 0) is 0 Å². The average molecular weight is 306 g/mol. The minimum absolute atomic E-state index is 1.03. The summed E-state index contributed by atoms with van der Waals surface area (Å²) in [4.78, 5) is 0. The second-order valence-electron chi connectivity index (χ2n) is 6.90. The maximum Gasteiger partial charge on any atom is -0.0277 e. The van der Waals surface area contributed by atoms with Crippen LogP contribution in [0.2, 0.25) is 0 Å². The van der Waals surface area contributed by atoms with Crippen LogP contribution >= 0.6 is 8.58 Å². The molecule has 0 saturated heterocycles. The lowest BCUT2D eigenvalue weighted by Gasteiger charge is -2.15. The van der Waals surface area contributed by atoms with Gasteiger partial charge in [0.25, 0.3) is 0 Å². The highest BCUT2D eigenvalue weighted by molar-refractivity contribution is 7.47. The summed E-state index contributed by atoms with van der Waals surface area (Å²) in [5, 5.41) is 3.58. The highest BCUT2D eigenvalue weighted by atomic mass is 31.1. The smallest absolute Gasteiger partial charge is 0.0277 e. The van der Waals surface area contributed by atoms with Crippen molar-refractivity contribution in [3.8, 4) is 0 Å². The largest absolute Gasteiger partial charge is 0.0808 e. The number of allylic oxidation sites excluding steroid dienone is 4. The van der Waals surface area contributed by atoms with Gasteiger partial charge in [-0.1, -0.05) is 72.1 Å². The molecule has 2 aliphatic rings. The van der Waals surface area contributed by atoms with Gasteiger partial charge in [0.05, 0.1) is 0 Å². The lowest BCUT2D eigenvalue weighted by molar-refractivity contribution is 0.589. The third kappa shape index (κ3) is 8.20. The first-order chi connectivity index (χ1) is 10.4. The Labute approximate surface area is 134 Å². The molecule has 0 unspecified atom stereocenters. The lowest BCUT2D eigenvalue weighted by Crippen LogP contribution is -1.89. The van der Waals surface area contributed by atoms with E-state index in [1.165, 1.54) is 103 Å². The van der Waals surface area contributed by atoms with Crippen LogP contribution in [-0.4, -0.2) is 0 Å². The summed E-state index contributed by atoms with van der Waals surface area (Å²) in [6.45, 7) is 0. The second kappa shape index (κ2) is 11.5. The Hall–Kier alpha value is -0.0900. The molecule has 0 spiro atoms. The minimum Gasteiger partial charge on any atom is -0.0808 e. The number of hydrogen-bond donors (Lipinski definition) is 0. The van der Waals surface area contributed by atoms with Crippen molar-refractivity contribution in [1.82, 2.24) is 0 Å². The molecule has 0 fully saturated rings. The van der Waals surface area contributed by atoms with Crippen LogP contribution < -0.4 is 0 Å². The standard InChI is InChI=1S/C20H35P/c1-3-7-11-15-19(16-12-8-4-1)21-20-17-13-9-5-2-6-10-14-18-20/h15,17,21H,1-14,16,18H2.